The molecule has 61 heavy (non-hydrogen) atoms. The van der Waals surface area contributed by atoms with E-state index in [-0.39, 0.29) is 21.1 Å². The SMILES string of the molecule is Cc1ccccc1-c1ccnc(-n2c3[c-]c(C(c4[c-]c(N5[OH+]N(c6ccccc6)c6ccccc65)ccc4)(c4ccccc4)c4ccccc4)ccc3c3ccccc32)c1.[Pt]. The predicted molar refractivity (Wildman–Crippen MR) is 244 cm³/mol. The molecule has 0 radical (unpaired) electrons. The molecule has 0 unspecified atom stereocenters. The van der Waals surface area contributed by atoms with Gasteiger partial charge in [0.15, 0.2) is 0 Å². The van der Waals surface area contributed by atoms with Crippen LogP contribution in [0.5, 0.6) is 0 Å². The molecule has 0 amide bonds. The normalized spacial score (nSPS) is 12.4. The maximum Gasteiger partial charge on any atom is 0.148 e. The molecule has 10 aromatic rings. The standard InChI is InChI=1S/C55H38N4O.Pt/c1-39-18-11-12-27-47(39)40-34-35-56-54(36-40)57-50-29-14-13-28-48(50)49-33-32-44(38-53(49)57)55(41-19-5-2-6-20-41,42-21-7-3-8-22-42)43-23-17-26-46(37-43)59-52-31-16-15-30-51(52)58(60-59)45-24-9-4-10-25-45;/h2-36H,1H3;/q-2;/p+1. The van der Waals surface area contributed by atoms with Crippen LogP contribution in [0.15, 0.2) is 212 Å². The summed E-state index contributed by atoms with van der Waals surface area (Å²) in [6.45, 7) is 2.16. The van der Waals surface area contributed by atoms with Crippen molar-refractivity contribution in [1.82, 2.24) is 9.55 Å². The third-order valence-corrected chi connectivity index (χ3v) is 11.8. The fraction of sp³-hybridized carbons (Fsp3) is 0.0364. The van der Waals surface area contributed by atoms with E-state index in [0.29, 0.717) is 0 Å². The summed E-state index contributed by atoms with van der Waals surface area (Å²) >= 11 is 0. The van der Waals surface area contributed by atoms with Crippen molar-refractivity contribution in [2.45, 2.75) is 12.3 Å². The Morgan fingerprint density at radius 3 is 1.89 bits per heavy atom. The average Bonchev–Trinajstić information content (AvgIpc) is 3.87. The van der Waals surface area contributed by atoms with Crippen LogP contribution in [-0.2, 0) is 26.5 Å². The van der Waals surface area contributed by atoms with Gasteiger partial charge in [0.05, 0.1) is 0 Å². The van der Waals surface area contributed by atoms with Crippen LogP contribution in [0.25, 0.3) is 38.8 Å². The van der Waals surface area contributed by atoms with Crippen LogP contribution in [-0.4, -0.2) is 14.5 Å². The predicted octanol–water partition coefficient (Wildman–Crippen LogP) is 13.3. The van der Waals surface area contributed by atoms with E-state index in [1.165, 1.54) is 11.1 Å². The summed E-state index contributed by atoms with van der Waals surface area (Å²) in [5, 5.41) is 6.26. The first-order chi connectivity index (χ1) is 29.7. The number of fused-ring (bicyclic) bond motifs is 4. The second kappa shape index (κ2) is 15.9. The Hall–Kier alpha value is -7.04. The van der Waals surface area contributed by atoms with Crippen molar-refractivity contribution in [2.75, 3.05) is 10.1 Å². The minimum absolute atomic E-state index is 0. The maximum absolute atomic E-state index is 5.20. The van der Waals surface area contributed by atoms with Gasteiger partial charge in [-0.25, -0.2) is 4.98 Å². The fourth-order valence-corrected chi connectivity index (χ4v) is 9.01. The van der Waals surface area contributed by atoms with Gasteiger partial charge in [0.2, 0.25) is 0 Å². The minimum atomic E-state index is -0.831. The van der Waals surface area contributed by atoms with Gasteiger partial charge in [0, 0.05) is 43.9 Å². The zero-order chi connectivity index (χ0) is 40.0. The molecule has 1 aliphatic rings. The Balaban J connectivity index is 0.00000445. The molecule has 2 aromatic heterocycles. The van der Waals surface area contributed by atoms with E-state index in [1.807, 2.05) is 34.5 Å². The molecule has 0 spiro atoms. The number of anilines is 4. The number of benzene rings is 8. The monoisotopic (exact) mass is 966 g/mol. The van der Waals surface area contributed by atoms with Gasteiger partial charge in [-0.05, 0) is 82.6 Å². The first-order valence-electron chi connectivity index (χ1n) is 20.3. The quantitative estimate of drug-likeness (QED) is 0.0865. The molecule has 5 nitrogen and oxygen atoms in total. The number of aryl methyl sites for hydroxylation is 1. The molecule has 1 N–H and O–H groups in total. The van der Waals surface area contributed by atoms with Gasteiger partial charge in [0.25, 0.3) is 0 Å². The molecule has 11 rings (SSSR count). The minimum Gasteiger partial charge on any atom is -0.319 e. The van der Waals surface area contributed by atoms with Crippen LogP contribution in [0, 0.1) is 19.1 Å². The topological polar surface area (TPSA) is 37.1 Å². The van der Waals surface area contributed by atoms with Gasteiger partial charge in [-0.1, -0.05) is 144 Å². The molecule has 0 saturated heterocycles. The Morgan fingerprint density at radius 2 is 1.15 bits per heavy atom. The molecule has 0 atom stereocenters. The summed E-state index contributed by atoms with van der Waals surface area (Å²) in [5.41, 5.74) is 12.7. The second-order valence-electron chi connectivity index (χ2n) is 15.2. The molecule has 1 aliphatic heterocycles. The zero-order valence-corrected chi connectivity index (χ0v) is 35.5. The van der Waals surface area contributed by atoms with Gasteiger partial charge in [-0.15, -0.1) is 33.7 Å². The van der Waals surface area contributed by atoms with Crippen molar-refractivity contribution in [2.24, 2.45) is 0 Å². The Labute approximate surface area is 369 Å². The van der Waals surface area contributed by atoms with Crippen LogP contribution in [0.1, 0.15) is 27.8 Å². The molecule has 0 saturated carbocycles. The number of nitrogens with zero attached hydrogens (tertiary/aromatic N) is 4. The third-order valence-electron chi connectivity index (χ3n) is 11.8. The van der Waals surface area contributed by atoms with E-state index in [2.05, 4.69) is 212 Å². The summed E-state index contributed by atoms with van der Waals surface area (Å²) in [6.07, 6.45) is 1.92. The van der Waals surface area contributed by atoms with Crippen molar-refractivity contribution in [3.05, 3.63) is 252 Å². The van der Waals surface area contributed by atoms with E-state index in [9.17, 15) is 0 Å². The van der Waals surface area contributed by atoms with Crippen LogP contribution >= 0.6 is 0 Å². The first-order valence-corrected chi connectivity index (χ1v) is 20.3. The molecule has 8 aromatic carbocycles. The third kappa shape index (κ3) is 6.37. The van der Waals surface area contributed by atoms with Crippen molar-refractivity contribution >= 4 is 44.6 Å². The van der Waals surface area contributed by atoms with E-state index in [1.54, 1.807) is 0 Å². The second-order valence-corrected chi connectivity index (χ2v) is 15.2. The molecule has 6 heteroatoms. The van der Waals surface area contributed by atoms with Crippen LogP contribution < -0.4 is 10.1 Å². The number of aromatic nitrogens is 2. The van der Waals surface area contributed by atoms with E-state index in [0.717, 1.165) is 78.2 Å². The summed E-state index contributed by atoms with van der Waals surface area (Å²) in [5.74, 6) is 0.839. The fourth-order valence-electron chi connectivity index (χ4n) is 9.01. The molecular formula is C55H39N4OPt-. The van der Waals surface area contributed by atoms with E-state index in [4.69, 9.17) is 9.92 Å². The summed E-state index contributed by atoms with van der Waals surface area (Å²) in [4.78, 5) is 10.2. The summed E-state index contributed by atoms with van der Waals surface area (Å²) < 4.78 is 2.27. The number of hydrogen-bond acceptors (Lipinski definition) is 3. The first kappa shape index (κ1) is 38.2. The molecule has 0 bridgehead atoms. The Morgan fingerprint density at radius 1 is 0.525 bits per heavy atom. The van der Waals surface area contributed by atoms with Gasteiger partial charge < -0.3 is 4.57 Å². The Bertz CT molecular complexity index is 3130. The van der Waals surface area contributed by atoms with Crippen molar-refractivity contribution in [1.29, 1.82) is 0 Å². The van der Waals surface area contributed by atoms with Crippen LogP contribution in [0.3, 0.4) is 0 Å². The van der Waals surface area contributed by atoms with Crippen molar-refractivity contribution in [3.8, 4) is 16.9 Å². The average molecular weight is 967 g/mol. The molecular weight excluding hydrogens is 928 g/mol. The number of para-hydroxylation sites is 4. The maximum atomic E-state index is 5.20. The largest absolute Gasteiger partial charge is 0.319 e. The van der Waals surface area contributed by atoms with Gasteiger partial charge in [-0.3, -0.25) is 0 Å². The van der Waals surface area contributed by atoms with Crippen LogP contribution in [0.4, 0.5) is 22.7 Å². The zero-order valence-electron chi connectivity index (χ0n) is 33.3. The van der Waals surface area contributed by atoms with Crippen molar-refractivity contribution < 1.29 is 26.0 Å². The van der Waals surface area contributed by atoms with Gasteiger partial charge >= 0.3 is 0 Å². The van der Waals surface area contributed by atoms with Gasteiger partial charge in [-0.2, -0.15) is 35.3 Å². The molecule has 296 valence electrons. The molecule has 0 aliphatic carbocycles. The van der Waals surface area contributed by atoms with Gasteiger partial charge in [0.1, 0.15) is 22.9 Å². The summed E-state index contributed by atoms with van der Waals surface area (Å²) in [6, 6.07) is 80.5. The molecule has 3 heterocycles. The van der Waals surface area contributed by atoms with E-state index >= 15 is 0 Å². The number of hydrogen-bond donors (Lipinski definition) is 0. The number of rotatable bonds is 8. The summed E-state index contributed by atoms with van der Waals surface area (Å²) in [7, 11) is 0. The van der Waals surface area contributed by atoms with Crippen molar-refractivity contribution in [3.63, 3.8) is 0 Å². The van der Waals surface area contributed by atoms with E-state index < -0.39 is 5.41 Å². The smallest absolute Gasteiger partial charge is 0.148 e. The number of pyridine rings is 1. The Kier molecular flexibility index (Phi) is 9.92. The van der Waals surface area contributed by atoms with Crippen LogP contribution in [0.2, 0.25) is 0 Å². The molecule has 0 fully saturated rings.